The van der Waals surface area contributed by atoms with E-state index < -0.39 is 10.0 Å². The maximum Gasteiger partial charge on any atom is 0.264 e. The number of sulfonamides is 1. The Labute approximate surface area is 196 Å². The van der Waals surface area contributed by atoms with Gasteiger partial charge in [0.25, 0.3) is 10.0 Å². The van der Waals surface area contributed by atoms with E-state index in [2.05, 4.69) is 14.8 Å². The van der Waals surface area contributed by atoms with E-state index in [9.17, 15) is 8.42 Å². The van der Waals surface area contributed by atoms with Crippen LogP contribution < -0.4 is 4.72 Å². The summed E-state index contributed by atoms with van der Waals surface area (Å²) in [6.07, 6.45) is 1.74. The van der Waals surface area contributed by atoms with Crippen LogP contribution in [0.2, 0.25) is 10.0 Å². The molecule has 9 heteroatoms. The van der Waals surface area contributed by atoms with Crippen LogP contribution in [-0.2, 0) is 10.0 Å². The molecule has 1 N–H and O–H groups in total. The first-order valence-corrected chi connectivity index (χ1v) is 11.8. The van der Waals surface area contributed by atoms with Gasteiger partial charge in [0.1, 0.15) is 5.69 Å². The highest BCUT2D eigenvalue weighted by molar-refractivity contribution is 7.90. The number of halogens is 2. The molecular formula is C23H18Cl2N4O2S. The maximum absolute atomic E-state index is 12.9. The molecule has 0 radical (unpaired) electrons. The predicted octanol–water partition coefficient (Wildman–Crippen LogP) is 5.34. The van der Waals surface area contributed by atoms with Gasteiger partial charge in [-0.3, -0.25) is 4.99 Å². The molecule has 0 saturated heterocycles. The van der Waals surface area contributed by atoms with Gasteiger partial charge in [0.05, 0.1) is 4.90 Å². The molecule has 4 aromatic rings. The molecule has 0 bridgehead atoms. The molecule has 1 heterocycles. The van der Waals surface area contributed by atoms with E-state index in [-0.39, 0.29) is 10.9 Å². The molecule has 0 aliphatic rings. The Balaban J connectivity index is 1.78. The number of benzene rings is 3. The topological polar surface area (TPSA) is 76.3 Å². The number of nitrogens with one attached hydrogen (secondary N) is 1. The van der Waals surface area contributed by atoms with E-state index >= 15 is 0 Å². The third-order valence-corrected chi connectivity index (χ3v) is 6.49. The zero-order valence-corrected chi connectivity index (χ0v) is 19.2. The third kappa shape index (κ3) is 4.70. The number of aromatic nitrogens is 2. The summed E-state index contributed by atoms with van der Waals surface area (Å²) in [5.41, 5.74) is 3.24. The van der Waals surface area contributed by atoms with Crippen LogP contribution in [0.4, 0.5) is 0 Å². The van der Waals surface area contributed by atoms with Crippen LogP contribution in [0.5, 0.6) is 0 Å². The van der Waals surface area contributed by atoms with Crippen molar-refractivity contribution in [3.63, 3.8) is 0 Å². The highest BCUT2D eigenvalue weighted by Crippen LogP contribution is 2.31. The SMILES string of the molecule is CN=C(NS(=O)(=O)c1cccc(Cl)c1)n1cc(-c2ccccc2)c(-c2ccc(Cl)cc2)n1. The third-order valence-electron chi connectivity index (χ3n) is 4.68. The molecule has 6 nitrogen and oxygen atoms in total. The quantitative estimate of drug-likeness (QED) is 0.313. The Morgan fingerprint density at radius 2 is 1.62 bits per heavy atom. The average Bonchev–Trinajstić information content (AvgIpc) is 3.24. The minimum Gasteiger partial charge on any atom is -0.254 e. The minimum absolute atomic E-state index is 0.0273. The van der Waals surface area contributed by atoms with Gasteiger partial charge in [0, 0.05) is 34.4 Å². The lowest BCUT2D eigenvalue weighted by molar-refractivity contribution is 0.591. The second-order valence-electron chi connectivity index (χ2n) is 6.82. The van der Waals surface area contributed by atoms with Crippen LogP contribution in [0, 0.1) is 0 Å². The van der Waals surface area contributed by atoms with Gasteiger partial charge in [-0.05, 0) is 35.9 Å². The molecule has 0 fully saturated rings. The van der Waals surface area contributed by atoms with Gasteiger partial charge < -0.3 is 0 Å². The lowest BCUT2D eigenvalue weighted by Crippen LogP contribution is -2.36. The number of rotatable bonds is 4. The van der Waals surface area contributed by atoms with E-state index in [1.54, 1.807) is 30.5 Å². The van der Waals surface area contributed by atoms with Crippen LogP contribution in [0.1, 0.15) is 0 Å². The molecule has 3 aromatic carbocycles. The van der Waals surface area contributed by atoms with Crippen molar-refractivity contribution in [2.24, 2.45) is 4.99 Å². The Hall–Kier alpha value is -3.13. The zero-order chi connectivity index (χ0) is 22.7. The number of hydrogen-bond donors (Lipinski definition) is 1. The van der Waals surface area contributed by atoms with E-state index in [0.29, 0.717) is 15.7 Å². The molecule has 32 heavy (non-hydrogen) atoms. The van der Waals surface area contributed by atoms with Crippen LogP contribution in [-0.4, -0.2) is 31.2 Å². The summed E-state index contributed by atoms with van der Waals surface area (Å²) in [7, 11) is -2.44. The Kier molecular flexibility index (Phi) is 6.32. The molecule has 0 saturated carbocycles. The van der Waals surface area contributed by atoms with Crippen molar-refractivity contribution >= 4 is 39.2 Å². The van der Waals surface area contributed by atoms with E-state index in [4.69, 9.17) is 23.2 Å². The minimum atomic E-state index is -3.92. The van der Waals surface area contributed by atoms with Gasteiger partial charge in [-0.15, -0.1) is 0 Å². The van der Waals surface area contributed by atoms with Crippen LogP contribution in [0.25, 0.3) is 22.4 Å². The number of aliphatic imine (C=N–C) groups is 1. The van der Waals surface area contributed by atoms with Gasteiger partial charge in [0.2, 0.25) is 5.96 Å². The molecule has 0 atom stereocenters. The van der Waals surface area contributed by atoms with Gasteiger partial charge in [-0.25, -0.2) is 17.8 Å². The zero-order valence-electron chi connectivity index (χ0n) is 16.9. The van der Waals surface area contributed by atoms with Crippen LogP contribution >= 0.6 is 23.2 Å². The van der Waals surface area contributed by atoms with Crippen LogP contribution in [0.3, 0.4) is 0 Å². The molecular weight excluding hydrogens is 467 g/mol. The van der Waals surface area contributed by atoms with Crippen molar-refractivity contribution in [2.75, 3.05) is 7.05 Å². The second-order valence-corrected chi connectivity index (χ2v) is 9.37. The van der Waals surface area contributed by atoms with Crippen molar-refractivity contribution in [1.29, 1.82) is 0 Å². The van der Waals surface area contributed by atoms with Gasteiger partial charge in [-0.1, -0.05) is 71.7 Å². The largest absolute Gasteiger partial charge is 0.264 e. The van der Waals surface area contributed by atoms with E-state index in [0.717, 1.165) is 16.7 Å². The van der Waals surface area contributed by atoms with Crippen molar-refractivity contribution in [3.8, 4) is 22.4 Å². The van der Waals surface area contributed by atoms with E-state index in [1.807, 2.05) is 42.5 Å². The summed E-state index contributed by atoms with van der Waals surface area (Å²) in [6.45, 7) is 0. The fourth-order valence-corrected chi connectivity index (χ4v) is 4.60. The van der Waals surface area contributed by atoms with Gasteiger partial charge in [-0.2, -0.15) is 5.10 Å². The van der Waals surface area contributed by atoms with Crippen molar-refractivity contribution in [1.82, 2.24) is 14.5 Å². The normalized spacial score (nSPS) is 12.0. The van der Waals surface area contributed by atoms with E-state index in [1.165, 1.54) is 23.9 Å². The molecule has 0 aliphatic carbocycles. The smallest absolute Gasteiger partial charge is 0.254 e. The summed E-state index contributed by atoms with van der Waals surface area (Å²) in [6, 6.07) is 23.0. The lowest BCUT2D eigenvalue weighted by Gasteiger charge is -2.10. The van der Waals surface area contributed by atoms with Crippen molar-refractivity contribution in [3.05, 3.63) is 95.1 Å². The molecule has 1 aromatic heterocycles. The molecule has 0 amide bonds. The van der Waals surface area contributed by atoms with Gasteiger partial charge >= 0.3 is 0 Å². The Morgan fingerprint density at radius 1 is 0.906 bits per heavy atom. The fraction of sp³-hybridized carbons (Fsp3) is 0.0435. The Bertz CT molecular complexity index is 1380. The fourth-order valence-electron chi connectivity index (χ4n) is 3.14. The monoisotopic (exact) mass is 484 g/mol. The summed E-state index contributed by atoms with van der Waals surface area (Å²) >= 11 is 12.0. The molecule has 0 spiro atoms. The van der Waals surface area contributed by atoms with Gasteiger partial charge in [0.15, 0.2) is 0 Å². The highest BCUT2D eigenvalue weighted by atomic mass is 35.5. The first-order valence-electron chi connectivity index (χ1n) is 9.54. The maximum atomic E-state index is 12.9. The summed E-state index contributed by atoms with van der Waals surface area (Å²) in [4.78, 5) is 4.15. The summed E-state index contributed by atoms with van der Waals surface area (Å²) in [5.74, 6) is 0.0439. The molecule has 0 aliphatic heterocycles. The predicted molar refractivity (Wildman–Crippen MR) is 129 cm³/mol. The number of nitrogens with zero attached hydrogens (tertiary/aromatic N) is 3. The average molecular weight is 485 g/mol. The van der Waals surface area contributed by atoms with Crippen molar-refractivity contribution in [2.45, 2.75) is 4.90 Å². The summed E-state index contributed by atoms with van der Waals surface area (Å²) in [5, 5.41) is 5.57. The molecule has 4 rings (SSSR count). The standard InChI is InChI=1S/C23H18Cl2N4O2S/c1-26-23(28-32(30,31)20-9-5-8-19(25)14-20)29-15-21(16-6-3-2-4-7-16)22(27-29)17-10-12-18(24)13-11-17/h2-15H,1H3,(H,26,28). The van der Waals surface area contributed by atoms with Crippen LogP contribution in [0.15, 0.2) is 94.9 Å². The second kappa shape index (κ2) is 9.16. The van der Waals surface area contributed by atoms with Crippen molar-refractivity contribution < 1.29 is 8.42 Å². The molecule has 0 unspecified atom stereocenters. The first-order chi connectivity index (χ1) is 15.4. The first kappa shape index (κ1) is 22.1. The highest BCUT2D eigenvalue weighted by Gasteiger charge is 2.21. The summed E-state index contributed by atoms with van der Waals surface area (Å²) < 4.78 is 29.7. The molecule has 162 valence electrons. The number of hydrogen-bond acceptors (Lipinski definition) is 4. The lowest BCUT2D eigenvalue weighted by atomic mass is 10.0. The Morgan fingerprint density at radius 3 is 2.28 bits per heavy atom.